The fraction of sp³-hybridized carbons (Fsp3) is 1.00. The van der Waals surface area contributed by atoms with E-state index in [9.17, 15) is 0 Å². The van der Waals surface area contributed by atoms with Gasteiger partial charge < -0.3 is 9.22 Å². The predicted molar refractivity (Wildman–Crippen MR) is 76.8 cm³/mol. The third kappa shape index (κ3) is 12.5. The molecule has 0 spiro atoms. The second kappa shape index (κ2) is 11.3. The number of ether oxygens (including phenoxy) is 1. The molecule has 2 nitrogen and oxygen atoms in total. The highest BCUT2D eigenvalue weighted by Crippen LogP contribution is 2.08. The van der Waals surface area contributed by atoms with Crippen LogP contribution >= 0.6 is 11.6 Å². The van der Waals surface area contributed by atoms with Crippen LogP contribution in [0.5, 0.6) is 0 Å². The van der Waals surface area contributed by atoms with E-state index in [4.69, 9.17) is 16.3 Å². The minimum atomic E-state index is 0.602. The number of hydrogen-bond acceptors (Lipinski definition) is 1. The predicted octanol–water partition coefficient (Wildman–Crippen LogP) is 3.68. The van der Waals surface area contributed by atoms with E-state index in [1.165, 1.54) is 45.1 Å². The van der Waals surface area contributed by atoms with Crippen molar-refractivity contribution in [2.75, 3.05) is 46.3 Å². The van der Waals surface area contributed by atoms with Crippen molar-refractivity contribution < 1.29 is 9.22 Å². The van der Waals surface area contributed by atoms with E-state index in [1.54, 1.807) is 0 Å². The first kappa shape index (κ1) is 17.2. The third-order valence-electron chi connectivity index (χ3n) is 3.18. The Labute approximate surface area is 113 Å². The summed E-state index contributed by atoms with van der Waals surface area (Å²) in [5.74, 6) is 0.602. The monoisotopic (exact) mass is 264 g/mol. The van der Waals surface area contributed by atoms with Gasteiger partial charge in [0.15, 0.2) is 0 Å². The molecule has 0 bridgehead atoms. The highest BCUT2D eigenvalue weighted by molar-refractivity contribution is 6.17. The molecule has 0 heterocycles. The molecule has 0 N–H and O–H groups in total. The molecule has 0 saturated heterocycles. The van der Waals surface area contributed by atoms with Gasteiger partial charge in [-0.2, -0.15) is 0 Å². The van der Waals surface area contributed by atoms with Crippen LogP contribution in [0.2, 0.25) is 0 Å². The number of rotatable bonds is 12. The number of likely N-dealkylation sites (N-methyl/N-ethyl adjacent to an activating group) is 1. The summed E-state index contributed by atoms with van der Waals surface area (Å²) < 4.78 is 6.50. The van der Waals surface area contributed by atoms with Gasteiger partial charge in [0.2, 0.25) is 0 Å². The van der Waals surface area contributed by atoms with Gasteiger partial charge in [0, 0.05) is 5.88 Å². The Balaban J connectivity index is 3.37. The Hall–Kier alpha value is 0.210. The number of quaternary nitrogens is 1. The summed E-state index contributed by atoms with van der Waals surface area (Å²) in [6.45, 7) is 6.12. The summed E-state index contributed by atoms with van der Waals surface area (Å²) in [6, 6.07) is 0. The van der Waals surface area contributed by atoms with Crippen LogP contribution < -0.4 is 0 Å². The van der Waals surface area contributed by atoms with E-state index in [2.05, 4.69) is 21.0 Å². The van der Waals surface area contributed by atoms with Crippen molar-refractivity contribution in [3.05, 3.63) is 0 Å². The Morgan fingerprint density at radius 1 is 0.882 bits per heavy atom. The second-order valence-electron chi connectivity index (χ2n) is 5.45. The smallest absolute Gasteiger partial charge is 0.102 e. The molecule has 0 amide bonds. The zero-order chi connectivity index (χ0) is 13.0. The third-order valence-corrected chi connectivity index (χ3v) is 3.33. The van der Waals surface area contributed by atoms with Crippen molar-refractivity contribution in [1.29, 1.82) is 0 Å². The average Bonchev–Trinajstić information content (AvgIpc) is 2.29. The quantitative estimate of drug-likeness (QED) is 0.297. The fourth-order valence-electron chi connectivity index (χ4n) is 1.90. The minimum absolute atomic E-state index is 0.602. The summed E-state index contributed by atoms with van der Waals surface area (Å²) in [4.78, 5) is 0. The molecule has 0 atom stereocenters. The molecule has 3 heteroatoms. The first-order valence-electron chi connectivity index (χ1n) is 7.08. The van der Waals surface area contributed by atoms with Crippen LogP contribution in [0.15, 0.2) is 0 Å². The van der Waals surface area contributed by atoms with Gasteiger partial charge in [-0.15, -0.1) is 11.6 Å². The molecule has 0 aliphatic heterocycles. The maximum atomic E-state index is 5.57. The van der Waals surface area contributed by atoms with E-state index in [0.29, 0.717) is 12.5 Å². The standard InChI is InChI=1S/C14H31ClNO/c1-4-5-6-7-8-9-11-16(2,3)12-14-17-13-10-15/h4-14H2,1-3H3/q+1. The van der Waals surface area contributed by atoms with Crippen molar-refractivity contribution in [1.82, 2.24) is 0 Å². The molecule has 0 aliphatic carbocycles. The van der Waals surface area contributed by atoms with Crippen molar-refractivity contribution in [2.45, 2.75) is 45.4 Å². The van der Waals surface area contributed by atoms with Crippen LogP contribution in [0.3, 0.4) is 0 Å². The highest BCUT2D eigenvalue weighted by atomic mass is 35.5. The van der Waals surface area contributed by atoms with Gasteiger partial charge in [0.05, 0.1) is 33.9 Å². The molecule has 0 fully saturated rings. The Kier molecular flexibility index (Phi) is 11.4. The van der Waals surface area contributed by atoms with Crippen LogP contribution in [0.1, 0.15) is 45.4 Å². The molecule has 0 aromatic rings. The molecular formula is C14H31ClNO+. The molecule has 0 saturated carbocycles. The molecule has 17 heavy (non-hydrogen) atoms. The summed E-state index contributed by atoms with van der Waals surface area (Å²) in [5.41, 5.74) is 0. The topological polar surface area (TPSA) is 9.23 Å². The maximum Gasteiger partial charge on any atom is 0.102 e. The van der Waals surface area contributed by atoms with Crippen molar-refractivity contribution in [2.24, 2.45) is 0 Å². The summed E-state index contributed by atoms with van der Waals surface area (Å²) >= 11 is 5.57. The van der Waals surface area contributed by atoms with Crippen LogP contribution in [0, 0.1) is 0 Å². The number of unbranched alkanes of at least 4 members (excludes halogenated alkanes) is 5. The lowest BCUT2D eigenvalue weighted by molar-refractivity contribution is -0.890. The van der Waals surface area contributed by atoms with Gasteiger partial charge in [-0.1, -0.05) is 32.6 Å². The SMILES string of the molecule is CCCCCCCC[N+](C)(C)CCOCCCl. The lowest BCUT2D eigenvalue weighted by atomic mass is 10.1. The summed E-state index contributed by atoms with van der Waals surface area (Å²) in [7, 11) is 4.58. The number of nitrogens with zero attached hydrogens (tertiary/aromatic N) is 1. The molecule has 0 aliphatic rings. The zero-order valence-electron chi connectivity index (χ0n) is 12.0. The van der Waals surface area contributed by atoms with Gasteiger partial charge in [0.25, 0.3) is 0 Å². The second-order valence-corrected chi connectivity index (χ2v) is 5.83. The van der Waals surface area contributed by atoms with Crippen molar-refractivity contribution >= 4 is 11.6 Å². The lowest BCUT2D eigenvalue weighted by Gasteiger charge is -2.29. The van der Waals surface area contributed by atoms with E-state index >= 15 is 0 Å². The molecule has 0 aromatic carbocycles. The van der Waals surface area contributed by atoms with E-state index in [-0.39, 0.29) is 0 Å². The van der Waals surface area contributed by atoms with Gasteiger partial charge in [0.1, 0.15) is 6.54 Å². The average molecular weight is 265 g/mol. The van der Waals surface area contributed by atoms with Crippen molar-refractivity contribution in [3.8, 4) is 0 Å². The first-order valence-corrected chi connectivity index (χ1v) is 7.61. The zero-order valence-corrected chi connectivity index (χ0v) is 12.8. The fourth-order valence-corrected chi connectivity index (χ4v) is 2.01. The van der Waals surface area contributed by atoms with E-state index in [1.807, 2.05) is 0 Å². The highest BCUT2D eigenvalue weighted by Gasteiger charge is 2.13. The molecule has 0 radical (unpaired) electrons. The number of halogens is 1. The van der Waals surface area contributed by atoms with Gasteiger partial charge >= 0.3 is 0 Å². The summed E-state index contributed by atoms with van der Waals surface area (Å²) in [5, 5.41) is 0. The lowest BCUT2D eigenvalue weighted by Crippen LogP contribution is -2.43. The van der Waals surface area contributed by atoms with Gasteiger partial charge in [-0.05, 0) is 12.8 Å². The van der Waals surface area contributed by atoms with Crippen molar-refractivity contribution in [3.63, 3.8) is 0 Å². The van der Waals surface area contributed by atoms with Crippen LogP contribution in [0.4, 0.5) is 0 Å². The molecule has 104 valence electrons. The minimum Gasteiger partial charge on any atom is -0.374 e. The normalized spacial score (nSPS) is 12.0. The molecular weight excluding hydrogens is 234 g/mol. The van der Waals surface area contributed by atoms with Gasteiger partial charge in [-0.3, -0.25) is 0 Å². The molecule has 0 aromatic heterocycles. The summed E-state index contributed by atoms with van der Waals surface area (Å²) in [6.07, 6.45) is 8.25. The largest absolute Gasteiger partial charge is 0.374 e. The van der Waals surface area contributed by atoms with Crippen LogP contribution in [-0.4, -0.2) is 50.8 Å². The molecule has 0 rings (SSSR count). The van der Waals surface area contributed by atoms with E-state index < -0.39 is 0 Å². The van der Waals surface area contributed by atoms with E-state index in [0.717, 1.165) is 17.6 Å². The van der Waals surface area contributed by atoms with Crippen LogP contribution in [0.25, 0.3) is 0 Å². The number of alkyl halides is 1. The van der Waals surface area contributed by atoms with Gasteiger partial charge in [-0.25, -0.2) is 0 Å². The Morgan fingerprint density at radius 3 is 2.18 bits per heavy atom. The first-order chi connectivity index (χ1) is 8.12. The van der Waals surface area contributed by atoms with Crippen LogP contribution in [-0.2, 0) is 4.74 Å². The maximum absolute atomic E-state index is 5.57. The number of hydrogen-bond donors (Lipinski definition) is 0. The Morgan fingerprint density at radius 2 is 1.53 bits per heavy atom. The Bertz CT molecular complexity index is 162. The molecule has 0 unspecified atom stereocenters.